The van der Waals surface area contributed by atoms with E-state index in [1.165, 1.54) is 30.4 Å². The number of rotatable bonds is 9. The van der Waals surface area contributed by atoms with E-state index in [1.54, 1.807) is 13.8 Å². The highest BCUT2D eigenvalue weighted by Crippen LogP contribution is 2.60. The number of carbonyl (C=O) groups excluding carboxylic acids is 1. The molecule has 0 saturated heterocycles. The third-order valence-corrected chi connectivity index (χ3v) is 8.23. The zero-order valence-electron chi connectivity index (χ0n) is 22.1. The van der Waals surface area contributed by atoms with Gasteiger partial charge in [-0.25, -0.2) is 0 Å². The lowest BCUT2D eigenvalue weighted by Gasteiger charge is -2.39. The lowest BCUT2D eigenvalue weighted by Crippen LogP contribution is -2.38. The molecule has 2 aromatic carbocycles. The fourth-order valence-electron chi connectivity index (χ4n) is 6.44. The van der Waals surface area contributed by atoms with Gasteiger partial charge in [0.25, 0.3) is 5.91 Å². The Kier molecular flexibility index (Phi) is 7.09. The largest absolute Gasteiger partial charge is 0.484 e. The second-order valence-corrected chi connectivity index (χ2v) is 11.4. The van der Waals surface area contributed by atoms with E-state index in [2.05, 4.69) is 53.6 Å². The summed E-state index contributed by atoms with van der Waals surface area (Å²) in [5, 5.41) is 12.8. The molecule has 0 radical (unpaired) electrons. The molecule has 1 amide bonds. The predicted molar refractivity (Wildman–Crippen MR) is 146 cm³/mol. The summed E-state index contributed by atoms with van der Waals surface area (Å²) in [5.41, 5.74) is 3.22. The van der Waals surface area contributed by atoms with Crippen LogP contribution in [-0.2, 0) is 5.41 Å². The van der Waals surface area contributed by atoms with Crippen LogP contribution in [0.4, 0.5) is 0 Å². The lowest BCUT2D eigenvalue weighted by atomic mass is 9.64. The fourth-order valence-corrected chi connectivity index (χ4v) is 6.44. The van der Waals surface area contributed by atoms with Crippen molar-refractivity contribution < 1.29 is 14.6 Å². The second-order valence-electron chi connectivity index (χ2n) is 11.4. The zero-order valence-corrected chi connectivity index (χ0v) is 22.1. The molecular formula is C32H38N2O3. The van der Waals surface area contributed by atoms with E-state index in [0.29, 0.717) is 11.5 Å². The van der Waals surface area contributed by atoms with Crippen molar-refractivity contribution in [2.24, 2.45) is 11.8 Å². The molecule has 5 rings (SSSR count). The van der Waals surface area contributed by atoms with E-state index < -0.39 is 5.60 Å². The molecule has 1 aromatic heterocycles. The number of aromatic nitrogens is 1. The topological polar surface area (TPSA) is 71.5 Å². The molecule has 3 aromatic rings. The van der Waals surface area contributed by atoms with Crippen LogP contribution in [-0.4, -0.2) is 28.1 Å². The molecule has 2 bridgehead atoms. The van der Waals surface area contributed by atoms with Crippen molar-refractivity contribution >= 4 is 5.91 Å². The van der Waals surface area contributed by atoms with Crippen LogP contribution in [0.2, 0.25) is 0 Å². The van der Waals surface area contributed by atoms with Gasteiger partial charge in [-0.2, -0.15) is 0 Å². The predicted octanol–water partition coefficient (Wildman–Crippen LogP) is 6.22. The number of nitrogens with zero attached hydrogens (tertiary/aromatic N) is 1. The van der Waals surface area contributed by atoms with Crippen molar-refractivity contribution in [3.05, 3.63) is 95.3 Å². The van der Waals surface area contributed by atoms with Gasteiger partial charge in [-0.05, 0) is 98.9 Å². The molecule has 2 aliphatic rings. The van der Waals surface area contributed by atoms with Gasteiger partial charge < -0.3 is 15.2 Å². The molecule has 194 valence electrons. The Morgan fingerprint density at radius 3 is 2.32 bits per heavy atom. The Morgan fingerprint density at radius 1 is 1.08 bits per heavy atom. The van der Waals surface area contributed by atoms with Crippen LogP contribution in [0.5, 0.6) is 5.75 Å². The number of hydrogen-bond donors (Lipinski definition) is 2. The standard InChI is InChI=1S/C32H38N2O3/c1-4-29(28-7-5-6-18-33-28)37-27-16-14-25(15-17-27)32(20-22-8-11-26(32)19-22)24-12-9-23(10-13-24)30(35)34-21-31(2,3)36/h5-7,9-10,12-18,22,26,29,36H,4,8,11,19-21H2,1-3H3,(H,34,35)/t22-,26+,29?,32-/m1/s1. The average molecular weight is 499 g/mol. The number of carbonyl (C=O) groups is 1. The highest BCUT2D eigenvalue weighted by Gasteiger charge is 2.52. The maximum Gasteiger partial charge on any atom is 0.251 e. The summed E-state index contributed by atoms with van der Waals surface area (Å²) >= 11 is 0. The van der Waals surface area contributed by atoms with Gasteiger partial charge in [0.1, 0.15) is 11.9 Å². The zero-order chi connectivity index (χ0) is 26.0. The first-order valence-corrected chi connectivity index (χ1v) is 13.6. The molecule has 0 spiro atoms. The number of pyridine rings is 1. The van der Waals surface area contributed by atoms with Crippen molar-refractivity contribution in [1.82, 2.24) is 10.3 Å². The molecule has 5 nitrogen and oxygen atoms in total. The van der Waals surface area contributed by atoms with E-state index in [-0.39, 0.29) is 24.0 Å². The maximum absolute atomic E-state index is 12.6. The van der Waals surface area contributed by atoms with Crippen molar-refractivity contribution in [3.8, 4) is 5.75 Å². The number of fused-ring (bicyclic) bond motifs is 2. The molecule has 5 heteroatoms. The van der Waals surface area contributed by atoms with Crippen LogP contribution in [0.15, 0.2) is 72.9 Å². The van der Waals surface area contributed by atoms with Gasteiger partial charge >= 0.3 is 0 Å². The van der Waals surface area contributed by atoms with Gasteiger partial charge in [-0.3, -0.25) is 9.78 Å². The first-order chi connectivity index (χ1) is 17.8. The molecular weight excluding hydrogens is 460 g/mol. The number of amides is 1. The first-order valence-electron chi connectivity index (χ1n) is 13.6. The average Bonchev–Trinajstić information content (AvgIpc) is 3.53. The van der Waals surface area contributed by atoms with E-state index in [9.17, 15) is 9.90 Å². The van der Waals surface area contributed by atoms with Crippen molar-refractivity contribution in [3.63, 3.8) is 0 Å². The van der Waals surface area contributed by atoms with Crippen LogP contribution in [0, 0.1) is 11.8 Å². The number of ether oxygens (including phenoxy) is 1. The Morgan fingerprint density at radius 2 is 1.78 bits per heavy atom. The normalized spacial score (nSPS) is 23.6. The molecule has 1 unspecified atom stereocenters. The van der Waals surface area contributed by atoms with Gasteiger partial charge in [0, 0.05) is 23.7 Å². The molecule has 37 heavy (non-hydrogen) atoms. The Hall–Kier alpha value is -3.18. The van der Waals surface area contributed by atoms with E-state index >= 15 is 0 Å². The minimum Gasteiger partial charge on any atom is -0.484 e. The molecule has 2 N–H and O–H groups in total. The van der Waals surface area contributed by atoms with Crippen LogP contribution in [0.1, 0.15) is 86.2 Å². The number of benzene rings is 2. The highest BCUT2D eigenvalue weighted by atomic mass is 16.5. The van der Waals surface area contributed by atoms with Crippen LogP contribution in [0.3, 0.4) is 0 Å². The number of hydrogen-bond acceptors (Lipinski definition) is 4. The fraction of sp³-hybridized carbons (Fsp3) is 0.438. The summed E-state index contributed by atoms with van der Waals surface area (Å²) in [5.74, 6) is 2.06. The summed E-state index contributed by atoms with van der Waals surface area (Å²) in [6.07, 6.45) is 7.56. The van der Waals surface area contributed by atoms with Gasteiger partial charge in [-0.15, -0.1) is 0 Å². The summed E-state index contributed by atoms with van der Waals surface area (Å²) < 4.78 is 6.33. The van der Waals surface area contributed by atoms with E-state index in [0.717, 1.165) is 30.2 Å². The maximum atomic E-state index is 12.6. The summed E-state index contributed by atoms with van der Waals surface area (Å²) in [4.78, 5) is 17.1. The molecule has 2 saturated carbocycles. The third kappa shape index (κ3) is 5.28. The molecule has 4 atom stereocenters. The highest BCUT2D eigenvalue weighted by molar-refractivity contribution is 5.94. The van der Waals surface area contributed by atoms with Crippen molar-refractivity contribution in [2.75, 3.05) is 6.54 Å². The number of aliphatic hydroxyl groups is 1. The minimum atomic E-state index is -0.937. The minimum absolute atomic E-state index is 0.0330. The lowest BCUT2D eigenvalue weighted by molar-refractivity contribution is 0.0694. The van der Waals surface area contributed by atoms with Crippen LogP contribution in [0.25, 0.3) is 0 Å². The van der Waals surface area contributed by atoms with Gasteiger partial charge in [0.05, 0.1) is 11.3 Å². The molecule has 2 fully saturated rings. The van der Waals surface area contributed by atoms with Gasteiger partial charge in [-0.1, -0.05) is 43.7 Å². The van der Waals surface area contributed by atoms with E-state index in [1.807, 2.05) is 36.5 Å². The summed E-state index contributed by atoms with van der Waals surface area (Å²) in [7, 11) is 0. The molecule has 1 heterocycles. The monoisotopic (exact) mass is 498 g/mol. The van der Waals surface area contributed by atoms with Gasteiger partial charge in [0.15, 0.2) is 0 Å². The van der Waals surface area contributed by atoms with E-state index in [4.69, 9.17) is 4.74 Å². The SMILES string of the molecule is CCC(Oc1ccc([C@]2(c3ccc(C(=O)NCC(C)(C)O)cc3)C[C@@H]3CC[C@H]2C3)cc1)c1ccccn1. The smallest absolute Gasteiger partial charge is 0.251 e. The van der Waals surface area contributed by atoms with Crippen molar-refractivity contribution in [1.29, 1.82) is 0 Å². The number of nitrogens with one attached hydrogen (secondary N) is 1. The Balaban J connectivity index is 1.38. The first kappa shape index (κ1) is 25.5. The Labute approximate surface area is 220 Å². The van der Waals surface area contributed by atoms with Crippen molar-refractivity contribution in [2.45, 2.75) is 70.0 Å². The Bertz CT molecular complexity index is 1200. The van der Waals surface area contributed by atoms with Gasteiger partial charge in [0.2, 0.25) is 0 Å². The molecule has 2 aliphatic carbocycles. The second kappa shape index (κ2) is 10.3. The summed E-state index contributed by atoms with van der Waals surface area (Å²) in [6.45, 7) is 5.71. The quantitative estimate of drug-likeness (QED) is 0.367. The van der Waals surface area contributed by atoms with Crippen LogP contribution >= 0.6 is 0 Å². The third-order valence-electron chi connectivity index (χ3n) is 8.23. The van der Waals surface area contributed by atoms with Crippen LogP contribution < -0.4 is 10.1 Å². The summed E-state index contributed by atoms with van der Waals surface area (Å²) in [6, 6.07) is 22.8. The molecule has 0 aliphatic heterocycles.